The van der Waals surface area contributed by atoms with Gasteiger partial charge in [-0.3, -0.25) is 0 Å². The van der Waals surface area contributed by atoms with Crippen molar-refractivity contribution >= 4 is 27.5 Å². The summed E-state index contributed by atoms with van der Waals surface area (Å²) in [6.07, 6.45) is 5.94. The quantitative estimate of drug-likeness (QED) is 0.703. The lowest BCUT2D eigenvalue weighted by molar-refractivity contribution is 0.00391. The lowest BCUT2D eigenvalue weighted by Gasteiger charge is -2.24. The zero-order valence-corrected chi connectivity index (χ0v) is 12.0. The van der Waals surface area contributed by atoms with Gasteiger partial charge in [-0.05, 0) is 28.1 Å². The maximum absolute atomic E-state index is 13.9. The van der Waals surface area contributed by atoms with Gasteiger partial charge in [-0.15, -0.1) is 0 Å². The molecule has 3 rings (SSSR count). The summed E-state index contributed by atoms with van der Waals surface area (Å²) in [7, 11) is 0. The Morgan fingerprint density at radius 2 is 2.26 bits per heavy atom. The molecule has 0 radical (unpaired) electrons. The predicted octanol–water partition coefficient (Wildman–Crippen LogP) is 4.43. The van der Waals surface area contributed by atoms with Gasteiger partial charge in [0.05, 0.1) is 12.2 Å². The molecule has 1 aromatic carbocycles. The van der Waals surface area contributed by atoms with Gasteiger partial charge in [0.25, 0.3) is 11.5 Å². The molecule has 5 heteroatoms. The average Bonchev–Trinajstić information content (AvgIpc) is 2.39. The monoisotopic (exact) mass is 341 g/mol. The van der Waals surface area contributed by atoms with Gasteiger partial charge in [-0.1, -0.05) is 17.7 Å². The predicted molar refractivity (Wildman–Crippen MR) is 73.0 cm³/mol. The molecule has 96 valence electrons. The summed E-state index contributed by atoms with van der Waals surface area (Å²) < 4.78 is 25.9. The van der Waals surface area contributed by atoms with Crippen LogP contribution in [0.1, 0.15) is 11.7 Å². The molecule has 0 amide bonds. The summed E-state index contributed by atoms with van der Waals surface area (Å²) in [5.74, 6) is 0.755. The summed E-state index contributed by atoms with van der Waals surface area (Å²) in [5.41, 5.74) is 0.422. The van der Waals surface area contributed by atoms with E-state index in [2.05, 4.69) is 22.0 Å². The lowest BCUT2D eigenvalue weighted by atomic mass is 10.1. The van der Waals surface area contributed by atoms with Crippen LogP contribution in [0.25, 0.3) is 0 Å². The summed E-state index contributed by atoms with van der Waals surface area (Å²) in [6.45, 7) is 0.252. The van der Waals surface area contributed by atoms with Crippen LogP contribution in [0.5, 0.6) is 0 Å². The standard InChI is InChI=1S/C14H8BrClFO2/c15-10-2-1-3-12-14(10)19-13(7-18-12)9-5-4-8(16)6-11(9)17/h1,3-6,13H,7H2/q+1. The molecular formula is C14H8BrClFO2+. The van der Waals surface area contributed by atoms with Gasteiger partial charge < -0.3 is 9.47 Å². The third-order valence-corrected chi connectivity index (χ3v) is 3.65. The lowest BCUT2D eigenvalue weighted by Crippen LogP contribution is -2.20. The van der Waals surface area contributed by atoms with Crippen molar-refractivity contribution in [1.29, 1.82) is 0 Å². The molecule has 2 nitrogen and oxygen atoms in total. The molecule has 0 fully saturated rings. The molecule has 19 heavy (non-hydrogen) atoms. The van der Waals surface area contributed by atoms with Crippen LogP contribution in [-0.4, -0.2) is 6.61 Å². The summed E-state index contributed by atoms with van der Waals surface area (Å²) in [4.78, 5) is 0. The van der Waals surface area contributed by atoms with Crippen molar-refractivity contribution in [2.24, 2.45) is 0 Å². The van der Waals surface area contributed by atoms with Gasteiger partial charge >= 0.3 is 0 Å². The zero-order chi connectivity index (χ0) is 13.4. The molecule has 2 aliphatic rings. The van der Waals surface area contributed by atoms with Gasteiger partial charge in [0.15, 0.2) is 6.10 Å². The maximum atomic E-state index is 13.9. The second-order valence-corrected chi connectivity index (χ2v) is 5.30. The summed E-state index contributed by atoms with van der Waals surface area (Å²) in [5, 5.41) is 0.355. The van der Waals surface area contributed by atoms with Crippen LogP contribution in [0.2, 0.25) is 5.02 Å². The van der Waals surface area contributed by atoms with Crippen LogP contribution in [0.4, 0.5) is 4.39 Å². The van der Waals surface area contributed by atoms with E-state index < -0.39 is 11.9 Å². The number of benzene rings is 1. The molecule has 0 spiro atoms. The third-order valence-electron chi connectivity index (χ3n) is 2.83. The van der Waals surface area contributed by atoms with Gasteiger partial charge in [-0.25, -0.2) is 4.39 Å². The summed E-state index contributed by atoms with van der Waals surface area (Å²) >= 11 is 9.07. The first-order valence-electron chi connectivity index (χ1n) is 5.60. The van der Waals surface area contributed by atoms with Crippen molar-refractivity contribution in [3.05, 3.63) is 68.8 Å². The van der Waals surface area contributed by atoms with Crippen LogP contribution in [0.15, 0.2) is 46.4 Å². The fourth-order valence-corrected chi connectivity index (χ4v) is 2.50. The topological polar surface area (TPSA) is 18.5 Å². The van der Waals surface area contributed by atoms with Gasteiger partial charge in [0.1, 0.15) is 18.5 Å². The minimum absolute atomic E-state index is 0.252. The maximum Gasteiger partial charge on any atom is 0.293 e. The normalized spacial score (nSPS) is 21.0. The number of rotatable bonds is 1. The van der Waals surface area contributed by atoms with E-state index >= 15 is 0 Å². The Balaban J connectivity index is 1.92. The largest absolute Gasteiger partial charge is 0.465 e. The van der Waals surface area contributed by atoms with Gasteiger partial charge in [0, 0.05) is 10.6 Å². The Hall–Kier alpha value is -1.35. The summed E-state index contributed by atoms with van der Waals surface area (Å²) in [6, 6.07) is 4.50. The third kappa shape index (κ3) is 2.39. The van der Waals surface area contributed by atoms with E-state index in [-0.39, 0.29) is 6.61 Å². The van der Waals surface area contributed by atoms with E-state index in [1.54, 1.807) is 24.3 Å². The first kappa shape index (κ1) is 12.7. The highest BCUT2D eigenvalue weighted by Crippen LogP contribution is 2.37. The number of hydrogen-bond acceptors (Lipinski definition) is 2. The first-order chi connectivity index (χ1) is 9.15. The van der Waals surface area contributed by atoms with Gasteiger partial charge in [-0.2, -0.15) is 0 Å². The van der Waals surface area contributed by atoms with E-state index in [0.29, 0.717) is 26.6 Å². The molecule has 1 aliphatic carbocycles. The molecular weight excluding hydrogens is 335 g/mol. The van der Waals surface area contributed by atoms with Crippen molar-refractivity contribution in [3.63, 3.8) is 0 Å². The van der Waals surface area contributed by atoms with Crippen molar-refractivity contribution in [2.45, 2.75) is 6.10 Å². The van der Waals surface area contributed by atoms with E-state index in [1.165, 1.54) is 6.07 Å². The minimum atomic E-state index is -0.503. The zero-order valence-electron chi connectivity index (χ0n) is 9.62. The fraction of sp³-hybridized carbons (Fsp3) is 0.143. The molecule has 0 bridgehead atoms. The Labute approximate surface area is 123 Å². The molecule has 1 heterocycles. The Bertz CT molecular complexity index is 622. The van der Waals surface area contributed by atoms with Gasteiger partial charge in [0.2, 0.25) is 4.48 Å². The molecule has 1 aromatic rings. The molecule has 0 saturated carbocycles. The van der Waals surface area contributed by atoms with E-state index in [9.17, 15) is 4.39 Å². The smallest absolute Gasteiger partial charge is 0.293 e. The van der Waals surface area contributed by atoms with Crippen molar-refractivity contribution < 1.29 is 13.9 Å². The Kier molecular flexibility index (Phi) is 3.31. The molecule has 1 unspecified atom stereocenters. The van der Waals surface area contributed by atoms with Crippen LogP contribution in [0.3, 0.4) is 0 Å². The number of ether oxygens (including phenoxy) is 2. The second kappa shape index (κ2) is 4.97. The SMILES string of the molecule is Fc1cc(Cl)ccc1C1COC2=C(O1)C(Br)=[C+]C=C2. The molecule has 1 aliphatic heterocycles. The average molecular weight is 343 g/mol. The molecule has 0 N–H and O–H groups in total. The molecule has 0 saturated heterocycles. The Morgan fingerprint density at radius 3 is 3.05 bits per heavy atom. The highest BCUT2D eigenvalue weighted by molar-refractivity contribution is 9.11. The molecule has 0 aromatic heterocycles. The minimum Gasteiger partial charge on any atom is -0.465 e. The second-order valence-electron chi connectivity index (χ2n) is 4.07. The highest BCUT2D eigenvalue weighted by Gasteiger charge is 2.34. The fourth-order valence-electron chi connectivity index (χ4n) is 1.92. The van der Waals surface area contributed by atoms with Crippen LogP contribution < -0.4 is 0 Å². The number of hydrogen-bond donors (Lipinski definition) is 0. The van der Waals surface area contributed by atoms with Crippen molar-refractivity contribution in [2.75, 3.05) is 6.61 Å². The van der Waals surface area contributed by atoms with Crippen LogP contribution >= 0.6 is 27.5 Å². The number of halogens is 3. The van der Waals surface area contributed by atoms with E-state index in [0.717, 1.165) is 0 Å². The first-order valence-corrected chi connectivity index (χ1v) is 6.77. The Morgan fingerprint density at radius 1 is 1.42 bits per heavy atom. The van der Waals surface area contributed by atoms with Crippen LogP contribution in [0, 0.1) is 11.9 Å². The van der Waals surface area contributed by atoms with E-state index in [1.807, 2.05) is 0 Å². The van der Waals surface area contributed by atoms with Crippen molar-refractivity contribution in [3.8, 4) is 0 Å². The highest BCUT2D eigenvalue weighted by atomic mass is 79.9. The molecule has 1 atom stereocenters. The van der Waals surface area contributed by atoms with E-state index in [4.69, 9.17) is 21.1 Å². The van der Waals surface area contributed by atoms with Crippen molar-refractivity contribution in [1.82, 2.24) is 0 Å². The number of allylic oxidation sites excluding steroid dienone is 4. The van der Waals surface area contributed by atoms with Crippen LogP contribution in [-0.2, 0) is 9.47 Å².